The van der Waals surface area contributed by atoms with Crippen molar-refractivity contribution in [2.45, 2.75) is 58.0 Å². The number of hydrogen-bond donors (Lipinski definition) is 1. The van der Waals surface area contributed by atoms with Crippen molar-refractivity contribution in [1.82, 2.24) is 10.2 Å². The fraction of sp³-hybridized carbons (Fsp3) is 0.714. The summed E-state index contributed by atoms with van der Waals surface area (Å²) < 4.78 is 0. The van der Waals surface area contributed by atoms with Gasteiger partial charge in [0, 0.05) is 13.0 Å². The molecule has 1 atom stereocenters. The second kappa shape index (κ2) is 5.90. The minimum absolute atomic E-state index is 0.00852. The molecule has 1 fully saturated rings. The summed E-state index contributed by atoms with van der Waals surface area (Å²) in [5.41, 5.74) is -0.739. The standard InChI is InChI=1S/C14H22N2O2/c1-5-9-10-16-11(6-2)12(17)15-14(7-3,8-4)13(16)18/h1,11H,6-10H2,2-4H3,(H,15,17). The first kappa shape index (κ1) is 14.6. The van der Waals surface area contributed by atoms with Gasteiger partial charge in [0.25, 0.3) is 0 Å². The Morgan fingerprint density at radius 3 is 2.39 bits per heavy atom. The highest BCUT2D eigenvalue weighted by Crippen LogP contribution is 2.26. The molecule has 1 rings (SSSR count). The van der Waals surface area contributed by atoms with Crippen LogP contribution in [-0.4, -0.2) is 34.8 Å². The lowest BCUT2D eigenvalue weighted by Gasteiger charge is -2.45. The fourth-order valence-corrected chi connectivity index (χ4v) is 2.51. The summed E-state index contributed by atoms with van der Waals surface area (Å²) in [4.78, 5) is 26.4. The van der Waals surface area contributed by atoms with Gasteiger partial charge >= 0.3 is 0 Å². The number of nitrogens with one attached hydrogen (secondary N) is 1. The normalized spacial score (nSPS) is 22.6. The third-order valence-corrected chi connectivity index (χ3v) is 3.80. The summed E-state index contributed by atoms with van der Waals surface area (Å²) in [6.45, 7) is 6.22. The number of carbonyl (C=O) groups excluding carboxylic acids is 2. The van der Waals surface area contributed by atoms with Gasteiger partial charge in [-0.1, -0.05) is 20.8 Å². The molecule has 1 aliphatic heterocycles. The van der Waals surface area contributed by atoms with Crippen LogP contribution in [0.15, 0.2) is 0 Å². The van der Waals surface area contributed by atoms with Crippen molar-refractivity contribution in [1.29, 1.82) is 0 Å². The van der Waals surface area contributed by atoms with Crippen LogP contribution in [0.4, 0.5) is 0 Å². The van der Waals surface area contributed by atoms with Crippen LogP contribution in [0.2, 0.25) is 0 Å². The molecule has 0 saturated carbocycles. The lowest BCUT2D eigenvalue weighted by Crippen LogP contribution is -2.69. The summed E-state index contributed by atoms with van der Waals surface area (Å²) in [5, 5.41) is 2.90. The molecule has 0 spiro atoms. The molecule has 2 amide bonds. The van der Waals surface area contributed by atoms with Crippen molar-refractivity contribution >= 4 is 11.8 Å². The molecule has 1 unspecified atom stereocenters. The molecule has 18 heavy (non-hydrogen) atoms. The predicted octanol–water partition coefficient (Wildman–Crippen LogP) is 1.31. The number of rotatable bonds is 5. The number of hydrogen-bond acceptors (Lipinski definition) is 2. The number of nitrogens with zero attached hydrogens (tertiary/aromatic N) is 1. The van der Waals surface area contributed by atoms with Crippen LogP contribution in [0.1, 0.15) is 46.5 Å². The van der Waals surface area contributed by atoms with Gasteiger partial charge in [0.1, 0.15) is 11.6 Å². The van der Waals surface area contributed by atoms with Crippen LogP contribution in [0, 0.1) is 12.3 Å². The fourth-order valence-electron chi connectivity index (χ4n) is 2.51. The summed E-state index contributed by atoms with van der Waals surface area (Å²) in [5.74, 6) is 2.48. The quantitative estimate of drug-likeness (QED) is 0.748. The number of carbonyl (C=O) groups is 2. The maximum Gasteiger partial charge on any atom is 0.249 e. The van der Waals surface area contributed by atoms with Crippen molar-refractivity contribution in [3.63, 3.8) is 0 Å². The highest BCUT2D eigenvalue weighted by Gasteiger charge is 2.47. The molecular weight excluding hydrogens is 228 g/mol. The van der Waals surface area contributed by atoms with E-state index in [1.165, 1.54) is 0 Å². The SMILES string of the molecule is C#CCCN1C(=O)C(CC)(CC)NC(=O)C1CC. The number of amides is 2. The van der Waals surface area contributed by atoms with Crippen LogP contribution >= 0.6 is 0 Å². The van der Waals surface area contributed by atoms with E-state index in [0.29, 0.717) is 32.2 Å². The molecule has 0 aromatic carbocycles. The van der Waals surface area contributed by atoms with Crippen LogP contribution in [0.25, 0.3) is 0 Å². The third-order valence-electron chi connectivity index (χ3n) is 3.80. The van der Waals surface area contributed by atoms with Crippen molar-refractivity contribution in [2.24, 2.45) is 0 Å². The Labute approximate surface area is 109 Å². The molecule has 1 saturated heterocycles. The molecule has 0 bridgehead atoms. The maximum absolute atomic E-state index is 12.6. The molecule has 1 heterocycles. The Kier molecular flexibility index (Phi) is 4.77. The van der Waals surface area contributed by atoms with Gasteiger partial charge in [-0.2, -0.15) is 0 Å². The monoisotopic (exact) mass is 250 g/mol. The molecule has 100 valence electrons. The van der Waals surface area contributed by atoms with E-state index in [-0.39, 0.29) is 17.9 Å². The number of piperazine rings is 1. The van der Waals surface area contributed by atoms with Crippen LogP contribution < -0.4 is 5.32 Å². The third kappa shape index (κ3) is 2.35. The Bertz CT molecular complexity index is 366. The first-order valence-electron chi connectivity index (χ1n) is 6.62. The Hall–Kier alpha value is -1.50. The highest BCUT2D eigenvalue weighted by atomic mass is 16.2. The smallest absolute Gasteiger partial charge is 0.249 e. The second-order valence-corrected chi connectivity index (χ2v) is 4.66. The van der Waals surface area contributed by atoms with Crippen molar-refractivity contribution in [2.75, 3.05) is 6.54 Å². The first-order chi connectivity index (χ1) is 8.56. The van der Waals surface area contributed by atoms with Gasteiger partial charge in [-0.25, -0.2) is 0 Å². The van der Waals surface area contributed by atoms with Crippen molar-refractivity contribution < 1.29 is 9.59 Å². The second-order valence-electron chi connectivity index (χ2n) is 4.66. The van der Waals surface area contributed by atoms with E-state index in [4.69, 9.17) is 6.42 Å². The summed E-state index contributed by atoms with van der Waals surface area (Å²) in [6, 6.07) is -0.378. The Morgan fingerprint density at radius 1 is 1.33 bits per heavy atom. The zero-order valence-corrected chi connectivity index (χ0v) is 11.5. The Morgan fingerprint density at radius 2 is 1.94 bits per heavy atom. The van der Waals surface area contributed by atoms with E-state index >= 15 is 0 Å². The maximum atomic E-state index is 12.6. The summed E-state index contributed by atoms with van der Waals surface area (Å²) in [7, 11) is 0. The zero-order valence-electron chi connectivity index (χ0n) is 11.5. The van der Waals surface area contributed by atoms with E-state index < -0.39 is 5.54 Å². The molecule has 4 heteroatoms. The molecule has 0 aliphatic carbocycles. The highest BCUT2D eigenvalue weighted by molar-refractivity contribution is 5.99. The van der Waals surface area contributed by atoms with E-state index in [0.717, 1.165) is 0 Å². The van der Waals surface area contributed by atoms with Crippen LogP contribution in [-0.2, 0) is 9.59 Å². The van der Waals surface area contributed by atoms with E-state index in [1.807, 2.05) is 20.8 Å². The lowest BCUT2D eigenvalue weighted by molar-refractivity contribution is -0.155. The van der Waals surface area contributed by atoms with E-state index in [2.05, 4.69) is 11.2 Å². The van der Waals surface area contributed by atoms with Gasteiger partial charge in [-0.05, 0) is 19.3 Å². The molecule has 1 aliphatic rings. The molecular formula is C14H22N2O2. The molecule has 4 nitrogen and oxygen atoms in total. The van der Waals surface area contributed by atoms with E-state index in [1.54, 1.807) is 4.90 Å². The molecule has 0 aromatic heterocycles. The van der Waals surface area contributed by atoms with Gasteiger partial charge < -0.3 is 10.2 Å². The lowest BCUT2D eigenvalue weighted by atomic mass is 9.86. The van der Waals surface area contributed by atoms with Gasteiger partial charge in [0.05, 0.1) is 0 Å². The van der Waals surface area contributed by atoms with Crippen LogP contribution in [0.3, 0.4) is 0 Å². The van der Waals surface area contributed by atoms with Gasteiger partial charge in [0.15, 0.2) is 0 Å². The topological polar surface area (TPSA) is 49.4 Å². The minimum atomic E-state index is -0.739. The van der Waals surface area contributed by atoms with Gasteiger partial charge in [0.2, 0.25) is 11.8 Å². The summed E-state index contributed by atoms with van der Waals surface area (Å²) in [6.07, 6.45) is 7.58. The molecule has 1 N–H and O–H groups in total. The Balaban J connectivity index is 3.04. The zero-order chi connectivity index (χ0) is 13.8. The van der Waals surface area contributed by atoms with Crippen molar-refractivity contribution in [3.05, 3.63) is 0 Å². The molecule has 0 radical (unpaired) electrons. The largest absolute Gasteiger partial charge is 0.340 e. The molecule has 0 aromatic rings. The van der Waals surface area contributed by atoms with Crippen molar-refractivity contribution in [3.8, 4) is 12.3 Å². The first-order valence-corrected chi connectivity index (χ1v) is 6.62. The average Bonchev–Trinajstić information content (AvgIpc) is 2.39. The van der Waals surface area contributed by atoms with E-state index in [9.17, 15) is 9.59 Å². The average molecular weight is 250 g/mol. The number of terminal acetylenes is 1. The van der Waals surface area contributed by atoms with Gasteiger partial charge in [-0.15, -0.1) is 12.3 Å². The van der Waals surface area contributed by atoms with Gasteiger partial charge in [-0.3, -0.25) is 9.59 Å². The van der Waals surface area contributed by atoms with Crippen LogP contribution in [0.5, 0.6) is 0 Å². The minimum Gasteiger partial charge on any atom is -0.340 e. The summed E-state index contributed by atoms with van der Waals surface area (Å²) >= 11 is 0. The predicted molar refractivity (Wildman–Crippen MR) is 70.7 cm³/mol.